The van der Waals surface area contributed by atoms with Crippen molar-refractivity contribution < 1.29 is 18.7 Å². The number of carboxylic acid groups (broad SMARTS) is 1. The van der Waals surface area contributed by atoms with E-state index in [0.29, 0.717) is 6.54 Å². The number of likely N-dealkylation sites (N-methyl/N-ethyl adjacent to an activating group) is 1. The molecule has 1 aromatic carbocycles. The van der Waals surface area contributed by atoms with Crippen molar-refractivity contribution in [1.29, 1.82) is 0 Å². The standard InChI is InChI=1S/C13H16F2N2O2/c1-17-4-2-3-9(17)7-16-12-10(14)5-8(13(18)19)6-11(12)15/h5-6,9,16H,2-4,7H2,1H3,(H,18,19). The van der Waals surface area contributed by atoms with Crippen LogP contribution in [0.5, 0.6) is 0 Å². The van der Waals surface area contributed by atoms with Gasteiger partial charge in [-0.25, -0.2) is 13.6 Å². The van der Waals surface area contributed by atoms with E-state index in [1.165, 1.54) is 0 Å². The molecule has 0 aromatic heterocycles. The Morgan fingerprint density at radius 1 is 1.47 bits per heavy atom. The molecule has 0 spiro atoms. The van der Waals surface area contributed by atoms with Gasteiger partial charge in [-0.15, -0.1) is 0 Å². The fourth-order valence-corrected chi connectivity index (χ4v) is 2.32. The van der Waals surface area contributed by atoms with Crippen LogP contribution in [-0.4, -0.2) is 42.2 Å². The second-order valence-corrected chi connectivity index (χ2v) is 4.78. The molecule has 0 radical (unpaired) electrons. The molecule has 6 heteroatoms. The second-order valence-electron chi connectivity index (χ2n) is 4.78. The lowest BCUT2D eigenvalue weighted by atomic mass is 10.1. The summed E-state index contributed by atoms with van der Waals surface area (Å²) in [5.41, 5.74) is -0.649. The largest absolute Gasteiger partial charge is 0.478 e. The van der Waals surface area contributed by atoms with E-state index in [1.54, 1.807) is 0 Å². The third-order valence-corrected chi connectivity index (χ3v) is 3.48. The molecule has 0 aliphatic carbocycles. The molecule has 1 unspecified atom stereocenters. The molecule has 0 bridgehead atoms. The van der Waals surface area contributed by atoms with E-state index in [2.05, 4.69) is 10.2 Å². The fourth-order valence-electron chi connectivity index (χ4n) is 2.32. The minimum absolute atomic E-state index is 0.248. The van der Waals surface area contributed by atoms with Gasteiger partial charge in [0.15, 0.2) is 0 Å². The quantitative estimate of drug-likeness (QED) is 0.880. The van der Waals surface area contributed by atoms with Crippen molar-refractivity contribution in [2.45, 2.75) is 18.9 Å². The van der Waals surface area contributed by atoms with Gasteiger partial charge in [0.05, 0.1) is 5.56 Å². The Morgan fingerprint density at radius 3 is 2.58 bits per heavy atom. The Labute approximate surface area is 110 Å². The van der Waals surface area contributed by atoms with Crippen molar-refractivity contribution in [3.8, 4) is 0 Å². The summed E-state index contributed by atoms with van der Waals surface area (Å²) in [5, 5.41) is 11.4. The lowest BCUT2D eigenvalue weighted by Crippen LogP contribution is -2.32. The summed E-state index contributed by atoms with van der Waals surface area (Å²) >= 11 is 0. The molecule has 104 valence electrons. The molecule has 0 saturated carbocycles. The van der Waals surface area contributed by atoms with Crippen LogP contribution in [0.25, 0.3) is 0 Å². The zero-order valence-corrected chi connectivity index (χ0v) is 10.6. The highest BCUT2D eigenvalue weighted by Crippen LogP contribution is 2.22. The van der Waals surface area contributed by atoms with Gasteiger partial charge in [0.2, 0.25) is 0 Å². The van der Waals surface area contributed by atoms with Gasteiger partial charge in [-0.05, 0) is 38.6 Å². The predicted molar refractivity (Wildman–Crippen MR) is 67.5 cm³/mol. The third-order valence-electron chi connectivity index (χ3n) is 3.48. The van der Waals surface area contributed by atoms with Crippen LogP contribution in [0.15, 0.2) is 12.1 Å². The van der Waals surface area contributed by atoms with E-state index in [-0.39, 0.29) is 11.7 Å². The summed E-state index contributed by atoms with van der Waals surface area (Å²) in [4.78, 5) is 12.8. The molecule has 1 aliphatic heterocycles. The number of likely N-dealkylation sites (tertiary alicyclic amines) is 1. The monoisotopic (exact) mass is 270 g/mol. The molecular weight excluding hydrogens is 254 g/mol. The first-order chi connectivity index (χ1) is 8.99. The number of carboxylic acids is 1. The van der Waals surface area contributed by atoms with Gasteiger partial charge in [-0.2, -0.15) is 0 Å². The molecule has 1 heterocycles. The maximum Gasteiger partial charge on any atom is 0.335 e. The number of halogens is 2. The summed E-state index contributed by atoms with van der Waals surface area (Å²) in [5.74, 6) is -3.10. The highest BCUT2D eigenvalue weighted by molar-refractivity contribution is 5.88. The fraction of sp³-hybridized carbons (Fsp3) is 0.462. The third kappa shape index (κ3) is 3.01. The molecule has 19 heavy (non-hydrogen) atoms. The average Bonchev–Trinajstić information content (AvgIpc) is 2.73. The zero-order chi connectivity index (χ0) is 14.0. The minimum atomic E-state index is -1.35. The Kier molecular flexibility index (Phi) is 3.99. The normalized spacial score (nSPS) is 19.6. The summed E-state index contributed by atoms with van der Waals surface area (Å²) < 4.78 is 27.3. The molecule has 1 saturated heterocycles. The van der Waals surface area contributed by atoms with Gasteiger partial charge >= 0.3 is 5.97 Å². The van der Waals surface area contributed by atoms with Crippen LogP contribution in [0.1, 0.15) is 23.2 Å². The highest BCUT2D eigenvalue weighted by Gasteiger charge is 2.22. The van der Waals surface area contributed by atoms with E-state index in [1.807, 2.05) is 7.05 Å². The number of nitrogens with zero attached hydrogens (tertiary/aromatic N) is 1. The van der Waals surface area contributed by atoms with Gasteiger partial charge in [0, 0.05) is 12.6 Å². The van der Waals surface area contributed by atoms with E-state index in [4.69, 9.17) is 5.11 Å². The van der Waals surface area contributed by atoms with E-state index >= 15 is 0 Å². The Balaban J connectivity index is 2.10. The van der Waals surface area contributed by atoms with Crippen molar-refractivity contribution in [2.75, 3.05) is 25.5 Å². The van der Waals surface area contributed by atoms with Crippen LogP contribution < -0.4 is 5.32 Å². The number of hydrogen-bond acceptors (Lipinski definition) is 3. The summed E-state index contributed by atoms with van der Waals surface area (Å²) in [6.07, 6.45) is 2.06. The van der Waals surface area contributed by atoms with Crippen molar-refractivity contribution in [1.82, 2.24) is 4.90 Å². The van der Waals surface area contributed by atoms with E-state index in [0.717, 1.165) is 31.5 Å². The second kappa shape index (κ2) is 5.52. The van der Waals surface area contributed by atoms with Crippen molar-refractivity contribution in [2.24, 2.45) is 0 Å². The van der Waals surface area contributed by atoms with Crippen molar-refractivity contribution in [3.63, 3.8) is 0 Å². The summed E-state index contributed by atoms with van der Waals surface area (Å²) in [7, 11) is 1.97. The highest BCUT2D eigenvalue weighted by atomic mass is 19.1. The maximum absolute atomic E-state index is 13.7. The molecule has 1 fully saturated rings. The van der Waals surface area contributed by atoms with Gasteiger partial charge in [-0.1, -0.05) is 0 Å². The van der Waals surface area contributed by atoms with E-state index < -0.39 is 23.2 Å². The number of rotatable bonds is 4. The molecule has 0 amide bonds. The van der Waals surface area contributed by atoms with Gasteiger partial charge < -0.3 is 15.3 Å². The maximum atomic E-state index is 13.7. The molecular formula is C13H16F2N2O2. The van der Waals surface area contributed by atoms with Gasteiger partial charge in [0.25, 0.3) is 0 Å². The first kappa shape index (κ1) is 13.7. The molecule has 1 atom stereocenters. The molecule has 4 nitrogen and oxygen atoms in total. The summed E-state index contributed by atoms with van der Waals surface area (Å²) in [6, 6.07) is 1.90. The van der Waals surface area contributed by atoms with Crippen LogP contribution >= 0.6 is 0 Å². The Morgan fingerprint density at radius 2 is 2.11 bits per heavy atom. The first-order valence-electron chi connectivity index (χ1n) is 6.15. The SMILES string of the molecule is CN1CCCC1CNc1c(F)cc(C(=O)O)cc1F. The van der Waals surface area contributed by atoms with Gasteiger partial charge in [0.1, 0.15) is 17.3 Å². The van der Waals surface area contributed by atoms with Crippen molar-refractivity contribution >= 4 is 11.7 Å². The lowest BCUT2D eigenvalue weighted by molar-refractivity contribution is 0.0696. The van der Waals surface area contributed by atoms with E-state index in [9.17, 15) is 13.6 Å². The average molecular weight is 270 g/mol. The molecule has 2 N–H and O–H groups in total. The number of nitrogens with one attached hydrogen (secondary N) is 1. The minimum Gasteiger partial charge on any atom is -0.478 e. The Hall–Kier alpha value is -1.69. The van der Waals surface area contributed by atoms with Crippen LogP contribution in [0.2, 0.25) is 0 Å². The lowest BCUT2D eigenvalue weighted by Gasteiger charge is -2.20. The van der Waals surface area contributed by atoms with Crippen LogP contribution in [0.3, 0.4) is 0 Å². The first-order valence-corrected chi connectivity index (χ1v) is 6.15. The number of aromatic carboxylic acids is 1. The van der Waals surface area contributed by atoms with Crippen LogP contribution in [0.4, 0.5) is 14.5 Å². The molecule has 2 rings (SSSR count). The summed E-state index contributed by atoms with van der Waals surface area (Å²) in [6.45, 7) is 1.42. The topological polar surface area (TPSA) is 52.6 Å². The molecule has 1 aliphatic rings. The zero-order valence-electron chi connectivity index (χ0n) is 10.6. The number of anilines is 1. The predicted octanol–water partition coefficient (Wildman–Crippen LogP) is 2.17. The van der Waals surface area contributed by atoms with Gasteiger partial charge in [-0.3, -0.25) is 0 Å². The number of benzene rings is 1. The van der Waals surface area contributed by atoms with Crippen LogP contribution in [0, 0.1) is 11.6 Å². The molecule has 1 aromatic rings. The van der Waals surface area contributed by atoms with Crippen molar-refractivity contribution in [3.05, 3.63) is 29.3 Å². The smallest absolute Gasteiger partial charge is 0.335 e. The number of hydrogen-bond donors (Lipinski definition) is 2. The number of carbonyl (C=O) groups is 1. The van der Waals surface area contributed by atoms with Crippen LogP contribution in [-0.2, 0) is 0 Å². The Bertz CT molecular complexity index is 471.